The zero-order valence-electron chi connectivity index (χ0n) is 61.1. The average molecular weight is 1380 g/mol. The molecule has 5 atom stereocenters. The minimum atomic E-state index is -4.95. The van der Waals surface area contributed by atoms with Crippen LogP contribution in [0.1, 0.15) is 394 Å². The standard InChI is InChI=1S/C75H146O17P2/c1-6-9-12-15-18-21-23-25-27-28-29-30-31-32-34-36-38-40-45-50-55-60-74(79)91-70(65-86-73(78)59-54-49-44-39-37-35-33-26-24-22-19-16-13-10-7-2)66-89-93(81,82)87-62-69(76)63-88-94(83,84)90-67-71(64-85-72(77)58-53-48-43-20-17-14-11-8-3)92-75(80)61-56-51-46-41-42-47-52-57-68(4)5/h68-71,76H,6-67H2,1-5H3,(H,81,82)(H,83,84)/t69-,70-,71-/m1/s1. The third-order valence-corrected chi connectivity index (χ3v) is 19.4. The Hall–Kier alpha value is -1.94. The monoisotopic (exact) mass is 1380 g/mol. The lowest BCUT2D eigenvalue weighted by atomic mass is 10.0. The maximum atomic E-state index is 13.1. The van der Waals surface area contributed by atoms with Crippen molar-refractivity contribution < 1.29 is 80.2 Å². The van der Waals surface area contributed by atoms with Crippen molar-refractivity contribution in [3.8, 4) is 0 Å². The highest BCUT2D eigenvalue weighted by Crippen LogP contribution is 2.45. The molecule has 0 aliphatic rings. The lowest BCUT2D eigenvalue weighted by Gasteiger charge is -2.21. The van der Waals surface area contributed by atoms with E-state index in [4.69, 9.17) is 37.0 Å². The van der Waals surface area contributed by atoms with Gasteiger partial charge in [0, 0.05) is 25.7 Å². The van der Waals surface area contributed by atoms with E-state index in [0.29, 0.717) is 31.6 Å². The Balaban J connectivity index is 5.16. The Labute approximate surface area is 575 Å². The normalized spacial score (nSPS) is 14.0. The number of carbonyl (C=O) groups is 4. The van der Waals surface area contributed by atoms with Crippen molar-refractivity contribution in [2.24, 2.45) is 5.92 Å². The number of rotatable bonds is 75. The van der Waals surface area contributed by atoms with Gasteiger partial charge in [0.25, 0.3) is 0 Å². The molecule has 3 N–H and O–H groups in total. The summed E-state index contributed by atoms with van der Waals surface area (Å²) in [6, 6.07) is 0. The molecule has 0 spiro atoms. The second-order valence-corrected chi connectivity index (χ2v) is 30.4. The lowest BCUT2D eigenvalue weighted by Crippen LogP contribution is -2.30. The zero-order valence-corrected chi connectivity index (χ0v) is 62.9. The quantitative estimate of drug-likeness (QED) is 0.0222. The van der Waals surface area contributed by atoms with Crippen molar-refractivity contribution >= 4 is 39.5 Å². The molecule has 0 heterocycles. The van der Waals surface area contributed by atoms with E-state index in [-0.39, 0.29) is 25.7 Å². The van der Waals surface area contributed by atoms with E-state index in [0.717, 1.165) is 96.3 Å². The molecule has 0 fully saturated rings. The van der Waals surface area contributed by atoms with Crippen molar-refractivity contribution in [1.29, 1.82) is 0 Å². The maximum Gasteiger partial charge on any atom is 0.472 e. The number of phosphoric acid groups is 2. The number of hydrogen-bond donors (Lipinski definition) is 3. The fraction of sp³-hybridized carbons (Fsp3) is 0.947. The van der Waals surface area contributed by atoms with Gasteiger partial charge < -0.3 is 33.8 Å². The third-order valence-electron chi connectivity index (χ3n) is 17.5. The Kier molecular flexibility index (Phi) is 66.8. The molecule has 558 valence electrons. The highest BCUT2D eigenvalue weighted by molar-refractivity contribution is 7.47. The van der Waals surface area contributed by atoms with Crippen molar-refractivity contribution in [3.63, 3.8) is 0 Å². The number of esters is 4. The summed E-state index contributed by atoms with van der Waals surface area (Å²) >= 11 is 0. The SMILES string of the molecule is CCCCCCCCCCCCCCCCCCCCCCCC(=O)O[C@H](COC(=O)CCCCCCCCCCCCCCCCC)COP(=O)(O)OC[C@@H](O)COP(=O)(O)OC[C@@H](COC(=O)CCCCCCCCCC)OC(=O)CCCCCCCCCC(C)C. The molecule has 0 aromatic rings. The molecule has 0 aromatic carbocycles. The molecule has 0 aromatic heterocycles. The van der Waals surface area contributed by atoms with E-state index < -0.39 is 97.5 Å². The molecule has 17 nitrogen and oxygen atoms in total. The van der Waals surface area contributed by atoms with Gasteiger partial charge in [0.2, 0.25) is 0 Å². The van der Waals surface area contributed by atoms with Crippen molar-refractivity contribution in [2.45, 2.75) is 412 Å². The Morgan fingerprint density at radius 2 is 0.489 bits per heavy atom. The fourth-order valence-electron chi connectivity index (χ4n) is 11.5. The highest BCUT2D eigenvalue weighted by atomic mass is 31.2. The average Bonchev–Trinajstić information content (AvgIpc) is 1.60. The summed E-state index contributed by atoms with van der Waals surface area (Å²) in [5.74, 6) is -1.42. The molecule has 0 radical (unpaired) electrons. The molecule has 19 heteroatoms. The third kappa shape index (κ3) is 68.6. The first kappa shape index (κ1) is 92.1. The molecule has 0 bridgehead atoms. The van der Waals surface area contributed by atoms with Crippen LogP contribution in [0.3, 0.4) is 0 Å². The minimum Gasteiger partial charge on any atom is -0.462 e. The Morgan fingerprint density at radius 3 is 0.723 bits per heavy atom. The Bertz CT molecular complexity index is 1810. The van der Waals surface area contributed by atoms with Gasteiger partial charge in [0.1, 0.15) is 19.3 Å². The van der Waals surface area contributed by atoms with Gasteiger partial charge in [-0.2, -0.15) is 0 Å². The van der Waals surface area contributed by atoms with Crippen molar-refractivity contribution in [1.82, 2.24) is 0 Å². The molecule has 0 rings (SSSR count). The minimum absolute atomic E-state index is 0.104. The van der Waals surface area contributed by atoms with E-state index >= 15 is 0 Å². The maximum absolute atomic E-state index is 13.1. The summed E-state index contributed by atoms with van der Waals surface area (Å²) < 4.78 is 68.4. The number of ether oxygens (including phenoxy) is 4. The second kappa shape index (κ2) is 68.2. The van der Waals surface area contributed by atoms with Gasteiger partial charge in [-0.05, 0) is 31.6 Å². The molecular weight excluding hydrogens is 1230 g/mol. The second-order valence-electron chi connectivity index (χ2n) is 27.5. The first-order valence-corrected chi connectivity index (χ1v) is 42.1. The number of aliphatic hydroxyl groups excluding tert-OH is 1. The van der Waals surface area contributed by atoms with Crippen LogP contribution in [-0.2, 0) is 65.4 Å². The summed E-state index contributed by atoms with van der Waals surface area (Å²) in [6.07, 6.45) is 57.2. The first-order chi connectivity index (χ1) is 45.5. The van der Waals surface area contributed by atoms with Crippen LogP contribution in [0.25, 0.3) is 0 Å². The summed E-state index contributed by atoms with van der Waals surface area (Å²) in [7, 11) is -9.90. The van der Waals surface area contributed by atoms with E-state index in [9.17, 15) is 43.2 Å². The summed E-state index contributed by atoms with van der Waals surface area (Å²) in [5.41, 5.74) is 0. The van der Waals surface area contributed by atoms with E-state index in [2.05, 4.69) is 34.6 Å². The molecular formula is C75H146O17P2. The van der Waals surface area contributed by atoms with Crippen LogP contribution >= 0.6 is 15.6 Å². The summed E-state index contributed by atoms with van der Waals surface area (Å²) in [4.78, 5) is 72.6. The van der Waals surface area contributed by atoms with Crippen LogP contribution in [0, 0.1) is 5.92 Å². The molecule has 0 saturated heterocycles. The van der Waals surface area contributed by atoms with Crippen LogP contribution in [0.15, 0.2) is 0 Å². The molecule has 0 aliphatic heterocycles. The predicted octanol–water partition coefficient (Wildman–Crippen LogP) is 22.1. The lowest BCUT2D eigenvalue weighted by molar-refractivity contribution is -0.161. The van der Waals surface area contributed by atoms with E-state index in [1.807, 2.05) is 0 Å². The fourth-order valence-corrected chi connectivity index (χ4v) is 13.1. The Morgan fingerprint density at radius 1 is 0.287 bits per heavy atom. The molecule has 2 unspecified atom stereocenters. The molecule has 0 saturated carbocycles. The number of hydrogen-bond acceptors (Lipinski definition) is 15. The number of unbranched alkanes of at least 4 members (excludes halogenated alkanes) is 47. The van der Waals surface area contributed by atoms with Gasteiger partial charge in [-0.1, -0.05) is 343 Å². The van der Waals surface area contributed by atoms with Gasteiger partial charge >= 0.3 is 39.5 Å². The largest absolute Gasteiger partial charge is 0.472 e. The molecule has 0 aliphatic carbocycles. The molecule has 94 heavy (non-hydrogen) atoms. The van der Waals surface area contributed by atoms with Crippen molar-refractivity contribution in [2.75, 3.05) is 39.6 Å². The molecule has 0 amide bonds. The van der Waals surface area contributed by atoms with Crippen molar-refractivity contribution in [3.05, 3.63) is 0 Å². The summed E-state index contributed by atoms with van der Waals surface area (Å²) in [5, 5.41) is 10.6. The van der Waals surface area contributed by atoms with Gasteiger partial charge in [-0.3, -0.25) is 37.3 Å². The topological polar surface area (TPSA) is 237 Å². The van der Waals surface area contributed by atoms with Crippen LogP contribution in [-0.4, -0.2) is 96.7 Å². The van der Waals surface area contributed by atoms with E-state index in [1.165, 1.54) is 212 Å². The van der Waals surface area contributed by atoms with E-state index in [1.54, 1.807) is 0 Å². The first-order valence-electron chi connectivity index (χ1n) is 39.1. The van der Waals surface area contributed by atoms with Gasteiger partial charge in [0.15, 0.2) is 12.2 Å². The van der Waals surface area contributed by atoms with Crippen LogP contribution in [0.5, 0.6) is 0 Å². The predicted molar refractivity (Wildman–Crippen MR) is 382 cm³/mol. The van der Waals surface area contributed by atoms with Crippen LogP contribution in [0.2, 0.25) is 0 Å². The van der Waals surface area contributed by atoms with Crippen LogP contribution in [0.4, 0.5) is 0 Å². The summed E-state index contributed by atoms with van der Waals surface area (Å²) in [6.45, 7) is 7.19. The number of phosphoric ester groups is 2. The highest BCUT2D eigenvalue weighted by Gasteiger charge is 2.30. The zero-order chi connectivity index (χ0) is 69.1. The number of carbonyl (C=O) groups excluding carboxylic acids is 4. The smallest absolute Gasteiger partial charge is 0.462 e. The van der Waals surface area contributed by atoms with Crippen LogP contribution < -0.4 is 0 Å². The van der Waals surface area contributed by atoms with Gasteiger partial charge in [-0.15, -0.1) is 0 Å². The number of aliphatic hydroxyl groups is 1. The van der Waals surface area contributed by atoms with Gasteiger partial charge in [-0.25, -0.2) is 9.13 Å². The van der Waals surface area contributed by atoms with Gasteiger partial charge in [0.05, 0.1) is 26.4 Å².